The second-order valence-electron chi connectivity index (χ2n) is 15.8. The number of fused-ring (bicyclic) bond motifs is 1. The number of piperidine rings is 2. The summed E-state index contributed by atoms with van der Waals surface area (Å²) in [6, 6.07) is 19.3. The van der Waals surface area contributed by atoms with Gasteiger partial charge in [0.05, 0.1) is 5.92 Å². The van der Waals surface area contributed by atoms with Gasteiger partial charge in [0.25, 0.3) is 5.91 Å². The van der Waals surface area contributed by atoms with Gasteiger partial charge in [0.15, 0.2) is 0 Å². The van der Waals surface area contributed by atoms with Crippen LogP contribution < -0.4 is 15.5 Å². The molecular weight excluding hydrogens is 679 g/mol. The first kappa shape index (κ1) is 36.2. The van der Waals surface area contributed by atoms with Crippen molar-refractivity contribution in [2.75, 3.05) is 76.7 Å². The summed E-state index contributed by atoms with van der Waals surface area (Å²) in [7, 11) is 3.59. The van der Waals surface area contributed by atoms with Gasteiger partial charge in [-0.15, -0.1) is 0 Å². The molecule has 1 unspecified atom stereocenters. The van der Waals surface area contributed by atoms with E-state index in [0.717, 1.165) is 100 Å². The number of nitrogens with zero attached hydrogens (tertiary/aromatic N) is 7. The molecule has 0 spiro atoms. The number of nitrogens with one attached hydrogen (secondary N) is 2. The highest BCUT2D eigenvalue weighted by atomic mass is 16.2. The molecule has 4 aromatic rings. The number of imide groups is 1. The van der Waals surface area contributed by atoms with Crippen LogP contribution in [0.3, 0.4) is 0 Å². The molecule has 12 heteroatoms. The van der Waals surface area contributed by atoms with Gasteiger partial charge >= 0.3 is 0 Å². The van der Waals surface area contributed by atoms with Gasteiger partial charge in [-0.1, -0.05) is 37.1 Å². The number of hydrogen-bond donors (Lipinski definition) is 2. The van der Waals surface area contributed by atoms with Crippen molar-refractivity contribution in [2.45, 2.75) is 69.2 Å². The number of hydrogen-bond acceptors (Lipinski definition) is 9. The number of carbonyl (C=O) groups excluding carboxylic acids is 3. The standard InChI is InChI=1S/C42H53N9O3/c1-47(2)41(54)37-27-32-28-43-42(46-39(32)51(37)35-5-3-4-6-35)44-33-11-13-34(14-12-33)50-25-23-49(24-26-50)22-21-48-19-17-30(18-20-48)29-7-9-31(10-8-29)36-15-16-38(52)45-40(36)53/h7-14,27-28,30,35-36H,3-6,15-26H2,1-2H3,(H,43,44,46)(H,45,52,53). The second kappa shape index (κ2) is 15.9. The number of rotatable bonds is 10. The van der Waals surface area contributed by atoms with Crippen molar-refractivity contribution in [3.63, 3.8) is 0 Å². The molecule has 0 bridgehead atoms. The maximum Gasteiger partial charge on any atom is 0.270 e. The number of piperazine rings is 1. The van der Waals surface area contributed by atoms with E-state index < -0.39 is 0 Å². The Morgan fingerprint density at radius 1 is 0.833 bits per heavy atom. The third kappa shape index (κ3) is 7.86. The topological polar surface area (TPSA) is 119 Å². The molecule has 2 N–H and O–H groups in total. The van der Waals surface area contributed by atoms with Gasteiger partial charge < -0.3 is 24.6 Å². The fourth-order valence-corrected chi connectivity index (χ4v) is 8.89. The molecular formula is C42H53N9O3. The van der Waals surface area contributed by atoms with Crippen molar-refractivity contribution in [1.82, 2.24) is 34.6 Å². The minimum Gasteiger partial charge on any atom is -0.369 e. The van der Waals surface area contributed by atoms with Crippen LogP contribution >= 0.6 is 0 Å². The molecule has 12 nitrogen and oxygen atoms in total. The predicted molar refractivity (Wildman–Crippen MR) is 211 cm³/mol. The lowest BCUT2D eigenvalue weighted by Gasteiger charge is -2.38. The fraction of sp³-hybridized carbons (Fsp3) is 0.500. The molecule has 1 aliphatic carbocycles. The summed E-state index contributed by atoms with van der Waals surface area (Å²) in [4.78, 5) is 55.7. The van der Waals surface area contributed by atoms with Crippen molar-refractivity contribution < 1.29 is 14.4 Å². The molecule has 1 atom stereocenters. The van der Waals surface area contributed by atoms with Crippen LogP contribution in [0.2, 0.25) is 0 Å². The van der Waals surface area contributed by atoms with Gasteiger partial charge in [-0.05, 0) is 92.6 Å². The van der Waals surface area contributed by atoms with Crippen LogP contribution in [0.1, 0.15) is 90.9 Å². The van der Waals surface area contributed by atoms with Gasteiger partial charge in [0.1, 0.15) is 11.3 Å². The first-order chi connectivity index (χ1) is 26.3. The molecule has 4 fully saturated rings. The average Bonchev–Trinajstić information content (AvgIpc) is 3.86. The lowest BCUT2D eigenvalue weighted by molar-refractivity contribution is -0.134. The summed E-state index contributed by atoms with van der Waals surface area (Å²) in [6.07, 6.45) is 9.62. The van der Waals surface area contributed by atoms with Crippen molar-refractivity contribution in [1.29, 1.82) is 0 Å². The van der Waals surface area contributed by atoms with Crippen molar-refractivity contribution >= 4 is 46.1 Å². The third-order valence-corrected chi connectivity index (χ3v) is 12.1. The van der Waals surface area contributed by atoms with E-state index in [0.29, 0.717) is 30.4 Å². The number of anilines is 3. The Kier molecular flexibility index (Phi) is 10.6. The van der Waals surface area contributed by atoms with Gasteiger partial charge in [-0.3, -0.25) is 24.6 Å². The van der Waals surface area contributed by atoms with E-state index >= 15 is 0 Å². The Morgan fingerprint density at radius 2 is 1.50 bits per heavy atom. The lowest BCUT2D eigenvalue weighted by atomic mass is 9.86. The third-order valence-electron chi connectivity index (χ3n) is 12.1. The van der Waals surface area contributed by atoms with Crippen LogP contribution in [0.25, 0.3) is 11.0 Å². The zero-order valence-corrected chi connectivity index (χ0v) is 31.7. The number of amides is 3. The maximum absolute atomic E-state index is 13.1. The molecule has 3 amide bonds. The first-order valence-corrected chi connectivity index (χ1v) is 19.9. The Labute approximate surface area is 317 Å². The van der Waals surface area contributed by atoms with E-state index in [-0.39, 0.29) is 29.7 Å². The van der Waals surface area contributed by atoms with E-state index in [1.54, 1.807) is 19.0 Å². The van der Waals surface area contributed by atoms with Crippen molar-refractivity contribution in [2.24, 2.45) is 0 Å². The second-order valence-corrected chi connectivity index (χ2v) is 15.8. The molecule has 4 aliphatic rings. The molecule has 2 aromatic heterocycles. The molecule has 5 heterocycles. The highest BCUT2D eigenvalue weighted by Crippen LogP contribution is 2.35. The number of likely N-dealkylation sites (tertiary alicyclic amines) is 1. The summed E-state index contributed by atoms with van der Waals surface area (Å²) in [5.74, 6) is 0.538. The Bertz CT molecular complexity index is 1950. The van der Waals surface area contributed by atoms with Gasteiger partial charge in [-0.25, -0.2) is 4.98 Å². The number of carbonyl (C=O) groups is 3. The van der Waals surface area contributed by atoms with Crippen LogP contribution in [0, 0.1) is 0 Å². The average molecular weight is 732 g/mol. The van der Waals surface area contributed by atoms with Gasteiger partial charge in [0, 0.05) is 88.8 Å². The van der Waals surface area contributed by atoms with Crippen LogP contribution in [0.5, 0.6) is 0 Å². The SMILES string of the molecule is CN(C)C(=O)c1cc2cnc(Nc3ccc(N4CCN(CCN5CCC(c6ccc(C7CCC(=O)NC7=O)cc6)CC5)CC4)cc3)nc2n1C1CCCC1. The Morgan fingerprint density at radius 3 is 2.17 bits per heavy atom. The molecule has 3 saturated heterocycles. The zero-order chi connectivity index (χ0) is 37.2. The molecule has 0 radical (unpaired) electrons. The summed E-state index contributed by atoms with van der Waals surface area (Å²) in [5, 5.41) is 6.77. The van der Waals surface area contributed by atoms with Crippen LogP contribution in [0.15, 0.2) is 60.8 Å². The molecule has 284 valence electrons. The zero-order valence-electron chi connectivity index (χ0n) is 31.7. The highest BCUT2D eigenvalue weighted by molar-refractivity contribution is 6.01. The number of aromatic nitrogens is 3. The smallest absolute Gasteiger partial charge is 0.270 e. The summed E-state index contributed by atoms with van der Waals surface area (Å²) in [6.45, 7) is 8.57. The molecule has 3 aliphatic heterocycles. The predicted octanol–water partition coefficient (Wildman–Crippen LogP) is 5.51. The van der Waals surface area contributed by atoms with Gasteiger partial charge in [0.2, 0.25) is 17.8 Å². The Hall–Kier alpha value is -4.81. The largest absolute Gasteiger partial charge is 0.369 e. The van der Waals surface area contributed by atoms with Crippen LogP contribution in [-0.2, 0) is 9.59 Å². The molecule has 2 aromatic carbocycles. The van der Waals surface area contributed by atoms with E-state index in [4.69, 9.17) is 4.98 Å². The summed E-state index contributed by atoms with van der Waals surface area (Å²) in [5.41, 5.74) is 6.04. The molecule has 8 rings (SSSR count). The van der Waals surface area contributed by atoms with Crippen molar-refractivity contribution in [3.8, 4) is 0 Å². The van der Waals surface area contributed by atoms with Gasteiger partial charge in [-0.2, -0.15) is 4.98 Å². The first-order valence-electron chi connectivity index (χ1n) is 19.9. The minimum absolute atomic E-state index is 0.00302. The van der Waals surface area contributed by atoms with Crippen LogP contribution in [-0.4, -0.2) is 113 Å². The van der Waals surface area contributed by atoms with E-state index in [1.165, 1.54) is 24.1 Å². The Balaban J connectivity index is 0.792. The molecule has 1 saturated carbocycles. The van der Waals surface area contributed by atoms with Crippen LogP contribution in [0.4, 0.5) is 17.3 Å². The number of benzene rings is 2. The normalized spacial score (nSPS) is 20.8. The highest BCUT2D eigenvalue weighted by Gasteiger charge is 2.29. The van der Waals surface area contributed by atoms with E-state index in [2.05, 4.69) is 83.4 Å². The fourth-order valence-electron chi connectivity index (χ4n) is 8.89. The van der Waals surface area contributed by atoms with Crippen molar-refractivity contribution in [3.05, 3.63) is 77.6 Å². The van der Waals surface area contributed by atoms with E-state index in [9.17, 15) is 14.4 Å². The van der Waals surface area contributed by atoms with E-state index in [1.807, 2.05) is 12.3 Å². The summed E-state index contributed by atoms with van der Waals surface area (Å²) >= 11 is 0. The quantitative estimate of drug-likeness (QED) is 0.204. The molecule has 54 heavy (non-hydrogen) atoms. The minimum atomic E-state index is -0.218. The maximum atomic E-state index is 13.1. The lowest BCUT2D eigenvalue weighted by Crippen LogP contribution is -2.49. The monoisotopic (exact) mass is 731 g/mol. The summed E-state index contributed by atoms with van der Waals surface area (Å²) < 4.78 is 2.15.